The van der Waals surface area contributed by atoms with E-state index in [0.717, 1.165) is 21.7 Å². The molecule has 8 heteroatoms. The summed E-state index contributed by atoms with van der Waals surface area (Å²) in [6.07, 6.45) is 3.45. The van der Waals surface area contributed by atoms with E-state index in [4.69, 9.17) is 4.42 Å². The maximum absolute atomic E-state index is 5.46. The number of para-hydroxylation sites is 1. The first-order chi connectivity index (χ1) is 13.3. The van der Waals surface area contributed by atoms with Crippen molar-refractivity contribution >= 4 is 33.9 Å². The van der Waals surface area contributed by atoms with E-state index in [-0.39, 0.29) is 0 Å². The van der Waals surface area contributed by atoms with Crippen molar-refractivity contribution < 1.29 is 4.42 Å². The minimum absolute atomic E-state index is 0.614. The van der Waals surface area contributed by atoms with Gasteiger partial charge >= 0.3 is 0 Å². The largest absolute Gasteiger partial charge is 0.461 e. The van der Waals surface area contributed by atoms with Gasteiger partial charge in [0, 0.05) is 23.4 Å². The van der Waals surface area contributed by atoms with E-state index in [0.29, 0.717) is 23.9 Å². The van der Waals surface area contributed by atoms with Crippen LogP contribution < -0.4 is 5.32 Å². The number of aromatic nitrogens is 4. The Kier molecular flexibility index (Phi) is 5.36. The first-order valence-corrected chi connectivity index (χ1v) is 10.2. The molecule has 136 valence electrons. The second-order valence-corrected chi connectivity index (χ2v) is 7.41. The molecule has 1 N–H and O–H groups in total. The standard InChI is InChI=1S/C19H17N5OS2/c1-2-10-24-17(16-9-6-11-25-16)22-23-19(24)27-13-15-12-26-18(21-15)20-14-7-4-3-5-8-14/h2-9,11-12H,1,10,13H2,(H,20,21). The molecule has 0 amide bonds. The van der Waals surface area contributed by atoms with Crippen LogP contribution >= 0.6 is 23.1 Å². The number of hydrogen-bond acceptors (Lipinski definition) is 7. The summed E-state index contributed by atoms with van der Waals surface area (Å²) < 4.78 is 7.45. The van der Waals surface area contributed by atoms with E-state index >= 15 is 0 Å². The van der Waals surface area contributed by atoms with Crippen LogP contribution in [0.15, 0.2) is 76.3 Å². The molecule has 0 spiro atoms. The highest BCUT2D eigenvalue weighted by molar-refractivity contribution is 7.98. The van der Waals surface area contributed by atoms with Crippen LogP contribution in [0.1, 0.15) is 5.69 Å². The van der Waals surface area contributed by atoms with Gasteiger partial charge in [-0.15, -0.1) is 28.1 Å². The number of furan rings is 1. The molecule has 0 radical (unpaired) electrons. The lowest BCUT2D eigenvalue weighted by Crippen LogP contribution is -2.00. The molecular weight excluding hydrogens is 378 g/mol. The Morgan fingerprint density at radius 3 is 2.85 bits per heavy atom. The zero-order chi connectivity index (χ0) is 18.5. The Balaban J connectivity index is 1.45. The number of allylic oxidation sites excluding steroid dienone is 1. The Hall–Kier alpha value is -2.84. The molecule has 3 aromatic heterocycles. The van der Waals surface area contributed by atoms with E-state index in [2.05, 4.69) is 32.5 Å². The van der Waals surface area contributed by atoms with Crippen molar-refractivity contribution in [3.8, 4) is 11.6 Å². The van der Waals surface area contributed by atoms with E-state index in [1.165, 1.54) is 0 Å². The average Bonchev–Trinajstić information content (AvgIpc) is 3.42. The van der Waals surface area contributed by atoms with E-state index in [9.17, 15) is 0 Å². The zero-order valence-corrected chi connectivity index (χ0v) is 16.0. The fraction of sp³-hybridized carbons (Fsp3) is 0.105. The second kappa shape index (κ2) is 8.24. The lowest BCUT2D eigenvalue weighted by atomic mass is 10.3. The third kappa shape index (κ3) is 4.12. The topological polar surface area (TPSA) is 68.8 Å². The molecule has 1 aromatic carbocycles. The molecular formula is C19H17N5OS2. The molecule has 27 heavy (non-hydrogen) atoms. The number of hydrogen-bond donors (Lipinski definition) is 1. The van der Waals surface area contributed by atoms with Crippen LogP contribution in [-0.2, 0) is 12.3 Å². The lowest BCUT2D eigenvalue weighted by molar-refractivity contribution is 0.569. The number of thioether (sulfide) groups is 1. The van der Waals surface area contributed by atoms with Crippen LogP contribution in [-0.4, -0.2) is 19.7 Å². The monoisotopic (exact) mass is 395 g/mol. The van der Waals surface area contributed by atoms with Gasteiger partial charge in [-0.1, -0.05) is 36.0 Å². The van der Waals surface area contributed by atoms with Gasteiger partial charge in [-0.05, 0) is 24.3 Å². The third-order valence-electron chi connectivity index (χ3n) is 3.70. The number of benzene rings is 1. The maximum atomic E-state index is 5.46. The SMILES string of the molecule is C=CCn1c(SCc2csc(Nc3ccccc3)n2)nnc1-c1ccco1. The van der Waals surface area contributed by atoms with Crippen LogP contribution in [0.5, 0.6) is 0 Å². The summed E-state index contributed by atoms with van der Waals surface area (Å²) in [5, 5.41) is 15.6. The molecule has 0 saturated carbocycles. The number of anilines is 2. The molecule has 3 heterocycles. The van der Waals surface area contributed by atoms with Crippen molar-refractivity contribution in [1.82, 2.24) is 19.7 Å². The highest BCUT2D eigenvalue weighted by Gasteiger charge is 2.16. The van der Waals surface area contributed by atoms with Crippen molar-refractivity contribution in [2.45, 2.75) is 17.5 Å². The van der Waals surface area contributed by atoms with Crippen LogP contribution in [0.25, 0.3) is 11.6 Å². The zero-order valence-electron chi connectivity index (χ0n) is 14.4. The molecule has 0 fully saturated rings. The quantitative estimate of drug-likeness (QED) is 0.326. The fourth-order valence-corrected chi connectivity index (χ4v) is 4.17. The smallest absolute Gasteiger partial charge is 0.200 e. The van der Waals surface area contributed by atoms with Gasteiger partial charge in [0.05, 0.1) is 12.0 Å². The van der Waals surface area contributed by atoms with Crippen LogP contribution in [0.3, 0.4) is 0 Å². The van der Waals surface area contributed by atoms with Crippen molar-refractivity contribution in [1.29, 1.82) is 0 Å². The molecule has 4 rings (SSSR count). The molecule has 0 atom stereocenters. The predicted octanol–water partition coefficient (Wildman–Crippen LogP) is 5.22. The molecule has 6 nitrogen and oxygen atoms in total. The number of nitrogens with zero attached hydrogens (tertiary/aromatic N) is 4. The lowest BCUT2D eigenvalue weighted by Gasteiger charge is -2.05. The molecule has 0 aliphatic carbocycles. The Labute approximate surface area is 165 Å². The van der Waals surface area contributed by atoms with Gasteiger partial charge in [-0.3, -0.25) is 4.57 Å². The van der Waals surface area contributed by atoms with Gasteiger partial charge in [-0.25, -0.2) is 4.98 Å². The highest BCUT2D eigenvalue weighted by Crippen LogP contribution is 2.28. The van der Waals surface area contributed by atoms with Gasteiger partial charge in [0.1, 0.15) is 0 Å². The number of rotatable bonds is 8. The van der Waals surface area contributed by atoms with Gasteiger partial charge in [-0.2, -0.15) is 0 Å². The Morgan fingerprint density at radius 2 is 2.07 bits per heavy atom. The third-order valence-corrected chi connectivity index (χ3v) is 5.50. The van der Waals surface area contributed by atoms with Gasteiger partial charge < -0.3 is 9.73 Å². The van der Waals surface area contributed by atoms with Gasteiger partial charge in [0.15, 0.2) is 16.0 Å². The summed E-state index contributed by atoms with van der Waals surface area (Å²) in [5.74, 6) is 2.10. The van der Waals surface area contributed by atoms with Gasteiger partial charge in [0.2, 0.25) is 5.82 Å². The van der Waals surface area contributed by atoms with Crippen LogP contribution in [0, 0.1) is 0 Å². The van der Waals surface area contributed by atoms with E-state index in [1.807, 2.05) is 53.1 Å². The number of thiazole rings is 1. The first-order valence-electron chi connectivity index (χ1n) is 8.31. The number of nitrogens with one attached hydrogen (secondary N) is 1. The van der Waals surface area contributed by atoms with E-state index in [1.54, 1.807) is 29.4 Å². The summed E-state index contributed by atoms with van der Waals surface area (Å²) in [7, 11) is 0. The normalized spacial score (nSPS) is 10.8. The van der Waals surface area contributed by atoms with Crippen molar-refractivity contribution in [3.05, 3.63) is 72.5 Å². The molecule has 0 saturated heterocycles. The van der Waals surface area contributed by atoms with E-state index < -0.39 is 0 Å². The Morgan fingerprint density at radius 1 is 1.19 bits per heavy atom. The van der Waals surface area contributed by atoms with Crippen molar-refractivity contribution in [2.75, 3.05) is 5.32 Å². The van der Waals surface area contributed by atoms with Crippen LogP contribution in [0.4, 0.5) is 10.8 Å². The van der Waals surface area contributed by atoms with Crippen molar-refractivity contribution in [3.63, 3.8) is 0 Å². The van der Waals surface area contributed by atoms with Gasteiger partial charge in [0.25, 0.3) is 0 Å². The summed E-state index contributed by atoms with van der Waals surface area (Å²) in [6.45, 7) is 4.44. The minimum atomic E-state index is 0.614. The second-order valence-electron chi connectivity index (χ2n) is 5.61. The minimum Gasteiger partial charge on any atom is -0.461 e. The fourth-order valence-electron chi connectivity index (χ4n) is 2.49. The molecule has 0 unspecified atom stereocenters. The molecule has 0 aliphatic rings. The summed E-state index contributed by atoms with van der Waals surface area (Å²) in [5.41, 5.74) is 2.02. The summed E-state index contributed by atoms with van der Waals surface area (Å²) in [4.78, 5) is 4.64. The van der Waals surface area contributed by atoms with Crippen molar-refractivity contribution in [2.24, 2.45) is 0 Å². The predicted molar refractivity (Wildman–Crippen MR) is 109 cm³/mol. The first kappa shape index (κ1) is 17.6. The molecule has 0 bridgehead atoms. The van der Waals surface area contributed by atoms with Crippen LogP contribution in [0.2, 0.25) is 0 Å². The average molecular weight is 396 g/mol. The Bertz CT molecular complexity index is 1010. The molecule has 4 aromatic rings. The summed E-state index contributed by atoms with van der Waals surface area (Å²) >= 11 is 3.18. The molecule has 0 aliphatic heterocycles. The maximum Gasteiger partial charge on any atom is 0.200 e. The summed E-state index contributed by atoms with van der Waals surface area (Å²) in [6, 6.07) is 13.7. The highest BCUT2D eigenvalue weighted by atomic mass is 32.2.